The van der Waals surface area contributed by atoms with Crippen molar-refractivity contribution in [1.29, 1.82) is 0 Å². The second kappa shape index (κ2) is 5.83. The molecule has 1 saturated heterocycles. The fourth-order valence-electron chi connectivity index (χ4n) is 3.56. The molecular weight excluding hydrogens is 300 g/mol. The molecule has 118 valence electrons. The molecule has 1 aliphatic heterocycles. The maximum atomic E-state index is 11.2. The zero-order valence-electron chi connectivity index (χ0n) is 12.4. The molecular formula is C14H20N6OS. The molecule has 22 heavy (non-hydrogen) atoms. The highest BCUT2D eigenvalue weighted by Crippen LogP contribution is 2.35. The largest absolute Gasteiger partial charge is 0.346 e. The SMILES string of the molecule is O=c1[nH]nc([C@H]2CCCN(c3nc(C4CCCC4)ns3)C2)[nH]1. The van der Waals surface area contributed by atoms with Crippen molar-refractivity contribution < 1.29 is 0 Å². The lowest BCUT2D eigenvalue weighted by atomic mass is 9.98. The van der Waals surface area contributed by atoms with Crippen LogP contribution in [-0.4, -0.2) is 37.6 Å². The molecule has 7 nitrogen and oxygen atoms in total. The second-order valence-corrected chi connectivity index (χ2v) is 6.99. The van der Waals surface area contributed by atoms with Gasteiger partial charge >= 0.3 is 5.69 Å². The van der Waals surface area contributed by atoms with Gasteiger partial charge in [-0.15, -0.1) is 0 Å². The van der Waals surface area contributed by atoms with Crippen LogP contribution in [0.3, 0.4) is 0 Å². The minimum atomic E-state index is -0.230. The molecule has 3 heterocycles. The molecule has 0 unspecified atom stereocenters. The molecule has 1 aliphatic carbocycles. The van der Waals surface area contributed by atoms with E-state index < -0.39 is 0 Å². The van der Waals surface area contributed by atoms with E-state index in [1.54, 1.807) is 0 Å². The standard InChI is InChI=1S/C14H20N6OS/c21-13-15-11(17-18-13)10-6-3-7-20(8-10)14-16-12(19-22-14)9-4-1-2-5-9/h9-10H,1-8H2,(H2,15,17,18,21)/t10-/m0/s1. The minimum absolute atomic E-state index is 0.230. The summed E-state index contributed by atoms with van der Waals surface area (Å²) in [4.78, 5) is 21.1. The van der Waals surface area contributed by atoms with Crippen LogP contribution in [0.25, 0.3) is 0 Å². The van der Waals surface area contributed by atoms with Gasteiger partial charge in [-0.25, -0.2) is 14.9 Å². The van der Waals surface area contributed by atoms with Gasteiger partial charge in [-0.1, -0.05) is 12.8 Å². The van der Waals surface area contributed by atoms with Crippen LogP contribution >= 0.6 is 11.5 Å². The second-order valence-electron chi connectivity index (χ2n) is 6.26. The molecule has 0 amide bonds. The van der Waals surface area contributed by atoms with Crippen molar-refractivity contribution in [1.82, 2.24) is 24.5 Å². The summed E-state index contributed by atoms with van der Waals surface area (Å²) in [5.41, 5.74) is -0.230. The first-order chi connectivity index (χ1) is 10.8. The van der Waals surface area contributed by atoms with E-state index in [2.05, 4.69) is 24.5 Å². The molecule has 8 heteroatoms. The zero-order valence-corrected chi connectivity index (χ0v) is 13.2. The lowest BCUT2D eigenvalue weighted by Crippen LogP contribution is -2.34. The summed E-state index contributed by atoms with van der Waals surface area (Å²) in [6.07, 6.45) is 7.19. The first-order valence-corrected chi connectivity index (χ1v) is 8.80. The Morgan fingerprint density at radius 3 is 2.73 bits per heavy atom. The molecule has 2 N–H and O–H groups in total. The lowest BCUT2D eigenvalue weighted by Gasteiger charge is -2.30. The first kappa shape index (κ1) is 13.9. The van der Waals surface area contributed by atoms with Gasteiger partial charge in [0.1, 0.15) is 11.6 Å². The highest BCUT2D eigenvalue weighted by atomic mass is 32.1. The number of hydrogen-bond donors (Lipinski definition) is 2. The number of nitrogens with zero attached hydrogens (tertiary/aromatic N) is 4. The van der Waals surface area contributed by atoms with Crippen LogP contribution in [-0.2, 0) is 0 Å². The summed E-state index contributed by atoms with van der Waals surface area (Å²) in [6, 6.07) is 0. The Hall–Kier alpha value is -1.70. The number of anilines is 1. The Balaban J connectivity index is 1.49. The number of rotatable bonds is 3. The quantitative estimate of drug-likeness (QED) is 0.902. The Morgan fingerprint density at radius 2 is 1.95 bits per heavy atom. The predicted octanol–water partition coefficient (Wildman–Crippen LogP) is 1.99. The summed E-state index contributed by atoms with van der Waals surface area (Å²) >= 11 is 1.51. The van der Waals surface area contributed by atoms with Gasteiger partial charge in [0.05, 0.1) is 0 Å². The highest BCUT2D eigenvalue weighted by molar-refractivity contribution is 7.09. The Bertz CT molecular complexity index is 685. The van der Waals surface area contributed by atoms with Crippen LogP contribution in [0.2, 0.25) is 0 Å². The van der Waals surface area contributed by atoms with Crippen molar-refractivity contribution >= 4 is 16.7 Å². The van der Waals surface area contributed by atoms with Gasteiger partial charge in [0.2, 0.25) is 5.13 Å². The molecule has 1 atom stereocenters. The molecule has 2 aromatic heterocycles. The Labute approximate surface area is 132 Å². The molecule has 0 bridgehead atoms. The first-order valence-electron chi connectivity index (χ1n) is 8.03. The van der Waals surface area contributed by atoms with Gasteiger partial charge in [0.25, 0.3) is 0 Å². The van der Waals surface area contributed by atoms with E-state index in [-0.39, 0.29) is 11.6 Å². The smallest absolute Gasteiger partial charge is 0.340 e. The fraction of sp³-hybridized carbons (Fsp3) is 0.714. The lowest BCUT2D eigenvalue weighted by molar-refractivity contribution is 0.491. The molecule has 2 aromatic rings. The van der Waals surface area contributed by atoms with Gasteiger partial charge < -0.3 is 4.90 Å². The van der Waals surface area contributed by atoms with E-state index in [9.17, 15) is 4.79 Å². The monoisotopic (exact) mass is 320 g/mol. The van der Waals surface area contributed by atoms with Crippen LogP contribution in [0, 0.1) is 0 Å². The van der Waals surface area contributed by atoms with E-state index in [1.165, 1.54) is 37.2 Å². The van der Waals surface area contributed by atoms with Crippen LogP contribution in [0.5, 0.6) is 0 Å². The maximum absolute atomic E-state index is 11.2. The summed E-state index contributed by atoms with van der Waals surface area (Å²) in [6.45, 7) is 1.85. The average Bonchev–Trinajstić information content (AvgIpc) is 3.28. The summed E-state index contributed by atoms with van der Waals surface area (Å²) in [5, 5.41) is 7.56. The van der Waals surface area contributed by atoms with Crippen LogP contribution in [0.4, 0.5) is 5.13 Å². The number of hydrogen-bond acceptors (Lipinski definition) is 6. The van der Waals surface area contributed by atoms with Gasteiger partial charge in [0, 0.05) is 36.5 Å². The van der Waals surface area contributed by atoms with Crippen LogP contribution < -0.4 is 10.6 Å². The van der Waals surface area contributed by atoms with Gasteiger partial charge in [0.15, 0.2) is 0 Å². The number of aromatic nitrogens is 5. The van der Waals surface area contributed by atoms with Gasteiger partial charge in [-0.2, -0.15) is 9.47 Å². The number of piperidine rings is 1. The third-order valence-corrected chi connectivity index (χ3v) is 5.54. The van der Waals surface area contributed by atoms with Crippen molar-refractivity contribution in [2.75, 3.05) is 18.0 Å². The molecule has 0 spiro atoms. The van der Waals surface area contributed by atoms with E-state index in [0.717, 1.165) is 42.7 Å². The average molecular weight is 320 g/mol. The number of aromatic amines is 2. The van der Waals surface area contributed by atoms with E-state index in [4.69, 9.17) is 4.98 Å². The van der Waals surface area contributed by atoms with Crippen molar-refractivity contribution in [2.24, 2.45) is 0 Å². The summed E-state index contributed by atoms with van der Waals surface area (Å²) in [5.74, 6) is 2.61. The molecule has 2 aliphatic rings. The Morgan fingerprint density at radius 1 is 1.14 bits per heavy atom. The molecule has 1 saturated carbocycles. The maximum Gasteiger partial charge on any atom is 0.340 e. The normalized spacial score (nSPS) is 23.3. The summed E-state index contributed by atoms with van der Waals surface area (Å²) in [7, 11) is 0. The Kier molecular flexibility index (Phi) is 3.69. The van der Waals surface area contributed by atoms with Crippen LogP contribution in [0.1, 0.15) is 62.0 Å². The topological polar surface area (TPSA) is 90.6 Å². The highest BCUT2D eigenvalue weighted by Gasteiger charge is 2.27. The molecule has 2 fully saturated rings. The van der Waals surface area contributed by atoms with Crippen molar-refractivity contribution in [3.63, 3.8) is 0 Å². The van der Waals surface area contributed by atoms with Crippen molar-refractivity contribution in [2.45, 2.75) is 50.4 Å². The minimum Gasteiger partial charge on any atom is -0.346 e. The number of H-pyrrole nitrogens is 2. The zero-order chi connectivity index (χ0) is 14.9. The van der Waals surface area contributed by atoms with E-state index in [0.29, 0.717) is 5.92 Å². The van der Waals surface area contributed by atoms with Gasteiger partial charge in [-0.3, -0.25) is 4.98 Å². The van der Waals surface area contributed by atoms with E-state index in [1.807, 2.05) is 0 Å². The van der Waals surface area contributed by atoms with E-state index >= 15 is 0 Å². The summed E-state index contributed by atoms with van der Waals surface area (Å²) < 4.78 is 4.58. The molecule has 0 radical (unpaired) electrons. The van der Waals surface area contributed by atoms with Crippen molar-refractivity contribution in [3.05, 3.63) is 22.1 Å². The molecule has 4 rings (SSSR count). The number of nitrogens with one attached hydrogen (secondary N) is 2. The van der Waals surface area contributed by atoms with Crippen LogP contribution in [0.15, 0.2) is 4.79 Å². The van der Waals surface area contributed by atoms with Crippen molar-refractivity contribution in [3.8, 4) is 0 Å². The third kappa shape index (κ3) is 2.67. The predicted molar refractivity (Wildman–Crippen MR) is 84.5 cm³/mol. The third-order valence-electron chi connectivity index (χ3n) is 4.75. The molecule has 0 aromatic carbocycles. The van der Waals surface area contributed by atoms with Gasteiger partial charge in [-0.05, 0) is 25.7 Å². The fourth-order valence-corrected chi connectivity index (χ4v) is 4.34.